The zero-order valence-corrected chi connectivity index (χ0v) is 15.3. The third-order valence-corrected chi connectivity index (χ3v) is 4.81. The molecule has 0 aromatic heterocycles. The van der Waals surface area contributed by atoms with Crippen LogP contribution in [0.5, 0.6) is 0 Å². The Labute approximate surface area is 154 Å². The fourth-order valence-electron chi connectivity index (χ4n) is 3.16. The molecule has 0 saturated heterocycles. The maximum absolute atomic E-state index is 11.9. The van der Waals surface area contributed by atoms with E-state index in [2.05, 4.69) is 40.8 Å². The van der Waals surface area contributed by atoms with Gasteiger partial charge in [-0.05, 0) is 54.2 Å². The summed E-state index contributed by atoms with van der Waals surface area (Å²) in [4.78, 5) is 14.2. The smallest absolute Gasteiger partial charge is 0.315 e. The number of hydrogen-bond donors (Lipinski definition) is 2. The van der Waals surface area contributed by atoms with Gasteiger partial charge in [-0.1, -0.05) is 35.9 Å². The van der Waals surface area contributed by atoms with E-state index in [1.54, 1.807) is 0 Å². The molecule has 132 valence electrons. The van der Waals surface area contributed by atoms with E-state index in [0.29, 0.717) is 18.1 Å². The van der Waals surface area contributed by atoms with Gasteiger partial charge in [-0.15, -0.1) is 0 Å². The second-order valence-electron chi connectivity index (χ2n) is 6.47. The summed E-state index contributed by atoms with van der Waals surface area (Å²) >= 11 is 5.85. The van der Waals surface area contributed by atoms with Gasteiger partial charge in [0.2, 0.25) is 0 Å². The normalized spacial score (nSPS) is 13.3. The fourth-order valence-corrected chi connectivity index (χ4v) is 3.29. The Morgan fingerprint density at radius 2 is 1.88 bits per heavy atom. The minimum absolute atomic E-state index is 0.146. The average molecular weight is 358 g/mol. The van der Waals surface area contributed by atoms with Crippen LogP contribution in [0.25, 0.3) is 0 Å². The van der Waals surface area contributed by atoms with Crippen molar-refractivity contribution in [3.05, 3.63) is 64.2 Å². The van der Waals surface area contributed by atoms with Crippen LogP contribution in [0.15, 0.2) is 42.5 Å². The highest BCUT2D eigenvalue weighted by Gasteiger charge is 2.13. The van der Waals surface area contributed by atoms with E-state index in [1.165, 1.54) is 23.2 Å². The second kappa shape index (κ2) is 8.26. The van der Waals surface area contributed by atoms with Crippen LogP contribution in [-0.4, -0.2) is 26.2 Å². The lowest BCUT2D eigenvalue weighted by molar-refractivity contribution is 0.240. The molecule has 2 aromatic carbocycles. The Hall–Kier alpha value is -2.20. The van der Waals surface area contributed by atoms with Gasteiger partial charge in [0, 0.05) is 37.4 Å². The SMILES string of the molecule is CN1CCCc2cc(CCNC(=O)NCc3ccc(Cl)cc3)ccc21. The molecule has 0 aliphatic carbocycles. The standard InChI is InChI=1S/C20H24ClN3O/c1-24-12-2-3-17-13-15(6-9-19(17)24)10-11-22-20(25)23-14-16-4-7-18(21)8-5-16/h4-9,13H,2-3,10-12,14H2,1H3,(H2,22,23,25). The van der Waals surface area contributed by atoms with Crippen molar-refractivity contribution in [2.24, 2.45) is 0 Å². The second-order valence-corrected chi connectivity index (χ2v) is 6.91. The molecule has 3 rings (SSSR count). The predicted octanol–water partition coefficient (Wildman–Crippen LogP) is 3.76. The van der Waals surface area contributed by atoms with Crippen LogP contribution < -0.4 is 15.5 Å². The molecule has 5 heteroatoms. The van der Waals surface area contributed by atoms with Gasteiger partial charge < -0.3 is 15.5 Å². The molecule has 0 atom stereocenters. The molecule has 1 aliphatic rings. The number of carbonyl (C=O) groups excluding carboxylic acids is 1. The molecule has 0 bridgehead atoms. The minimum Gasteiger partial charge on any atom is -0.374 e. The number of fused-ring (bicyclic) bond motifs is 1. The summed E-state index contributed by atoms with van der Waals surface area (Å²) in [6.45, 7) is 2.25. The van der Waals surface area contributed by atoms with E-state index >= 15 is 0 Å². The summed E-state index contributed by atoms with van der Waals surface area (Å²) in [5.74, 6) is 0. The first-order valence-electron chi connectivity index (χ1n) is 8.71. The Bertz CT molecular complexity index is 730. The fraction of sp³-hybridized carbons (Fsp3) is 0.350. The minimum atomic E-state index is -0.146. The summed E-state index contributed by atoms with van der Waals surface area (Å²) in [6, 6.07) is 14.0. The summed E-state index contributed by atoms with van der Waals surface area (Å²) in [7, 11) is 2.14. The van der Waals surface area contributed by atoms with E-state index < -0.39 is 0 Å². The van der Waals surface area contributed by atoms with Crippen molar-refractivity contribution in [1.82, 2.24) is 10.6 Å². The average Bonchev–Trinajstić information content (AvgIpc) is 2.61. The number of nitrogens with zero attached hydrogens (tertiary/aromatic N) is 1. The monoisotopic (exact) mass is 357 g/mol. The van der Waals surface area contributed by atoms with Gasteiger partial charge in [0.1, 0.15) is 0 Å². The maximum Gasteiger partial charge on any atom is 0.315 e. The van der Waals surface area contributed by atoms with Crippen LogP contribution >= 0.6 is 11.6 Å². The number of hydrogen-bond acceptors (Lipinski definition) is 2. The first kappa shape index (κ1) is 17.6. The highest BCUT2D eigenvalue weighted by molar-refractivity contribution is 6.30. The number of urea groups is 1. The molecule has 2 aromatic rings. The number of carbonyl (C=O) groups is 1. The van der Waals surface area contributed by atoms with Crippen LogP contribution in [0.3, 0.4) is 0 Å². The summed E-state index contributed by atoms with van der Waals surface area (Å²) < 4.78 is 0. The van der Waals surface area contributed by atoms with Gasteiger partial charge in [0.25, 0.3) is 0 Å². The Morgan fingerprint density at radius 1 is 1.12 bits per heavy atom. The maximum atomic E-state index is 11.9. The van der Waals surface area contributed by atoms with Crippen LogP contribution in [0.4, 0.5) is 10.5 Å². The number of aryl methyl sites for hydroxylation is 1. The van der Waals surface area contributed by atoms with Crippen LogP contribution in [0, 0.1) is 0 Å². The number of nitrogens with one attached hydrogen (secondary N) is 2. The van der Waals surface area contributed by atoms with Gasteiger partial charge in [-0.3, -0.25) is 0 Å². The summed E-state index contributed by atoms with van der Waals surface area (Å²) in [6.07, 6.45) is 3.19. The number of anilines is 1. The van der Waals surface area contributed by atoms with Crippen LogP contribution in [-0.2, 0) is 19.4 Å². The predicted molar refractivity (Wildman–Crippen MR) is 103 cm³/mol. The Balaban J connectivity index is 1.43. The molecule has 1 aliphatic heterocycles. The van der Waals surface area contributed by atoms with Gasteiger partial charge >= 0.3 is 6.03 Å². The first-order valence-corrected chi connectivity index (χ1v) is 9.09. The molecule has 2 amide bonds. The lowest BCUT2D eigenvalue weighted by Gasteiger charge is -2.27. The van der Waals surface area contributed by atoms with Crippen LogP contribution in [0.2, 0.25) is 5.02 Å². The molecule has 0 unspecified atom stereocenters. The quantitative estimate of drug-likeness (QED) is 0.855. The van der Waals surface area contributed by atoms with Crippen LogP contribution in [0.1, 0.15) is 23.1 Å². The number of amides is 2. The number of halogens is 1. The van der Waals surface area contributed by atoms with Crippen molar-refractivity contribution in [3.8, 4) is 0 Å². The van der Waals surface area contributed by atoms with Crippen molar-refractivity contribution in [1.29, 1.82) is 0 Å². The highest BCUT2D eigenvalue weighted by atomic mass is 35.5. The van der Waals surface area contributed by atoms with E-state index in [1.807, 2.05) is 24.3 Å². The van der Waals surface area contributed by atoms with Gasteiger partial charge in [-0.25, -0.2) is 4.79 Å². The third kappa shape index (κ3) is 4.89. The van der Waals surface area contributed by atoms with Gasteiger partial charge in [0.15, 0.2) is 0 Å². The van der Waals surface area contributed by atoms with Crippen molar-refractivity contribution in [2.75, 3.05) is 25.0 Å². The lowest BCUT2D eigenvalue weighted by atomic mass is 9.98. The molecule has 0 spiro atoms. The lowest BCUT2D eigenvalue weighted by Crippen LogP contribution is -2.36. The molecular weight excluding hydrogens is 334 g/mol. The zero-order valence-electron chi connectivity index (χ0n) is 14.5. The van der Waals surface area contributed by atoms with Gasteiger partial charge in [-0.2, -0.15) is 0 Å². The van der Waals surface area contributed by atoms with E-state index in [0.717, 1.165) is 24.9 Å². The molecule has 1 heterocycles. The first-order chi connectivity index (χ1) is 12.1. The number of rotatable bonds is 5. The van der Waals surface area contributed by atoms with E-state index in [4.69, 9.17) is 11.6 Å². The largest absolute Gasteiger partial charge is 0.374 e. The zero-order chi connectivity index (χ0) is 17.6. The number of benzene rings is 2. The van der Waals surface area contributed by atoms with E-state index in [-0.39, 0.29) is 6.03 Å². The Kier molecular flexibility index (Phi) is 5.82. The molecule has 0 saturated carbocycles. The highest BCUT2D eigenvalue weighted by Crippen LogP contribution is 2.26. The summed E-state index contributed by atoms with van der Waals surface area (Å²) in [5.41, 5.74) is 5.05. The van der Waals surface area contributed by atoms with Crippen molar-refractivity contribution < 1.29 is 4.79 Å². The summed E-state index contributed by atoms with van der Waals surface area (Å²) in [5, 5.41) is 6.47. The van der Waals surface area contributed by atoms with Crippen molar-refractivity contribution in [2.45, 2.75) is 25.8 Å². The van der Waals surface area contributed by atoms with Crippen molar-refractivity contribution >= 4 is 23.3 Å². The van der Waals surface area contributed by atoms with E-state index in [9.17, 15) is 4.79 Å². The Morgan fingerprint density at radius 3 is 2.68 bits per heavy atom. The third-order valence-electron chi connectivity index (χ3n) is 4.56. The molecule has 25 heavy (non-hydrogen) atoms. The van der Waals surface area contributed by atoms with Gasteiger partial charge in [0.05, 0.1) is 0 Å². The molecule has 2 N–H and O–H groups in total. The molecule has 4 nitrogen and oxygen atoms in total. The molecular formula is C20H24ClN3O. The molecule has 0 radical (unpaired) electrons. The van der Waals surface area contributed by atoms with Crippen molar-refractivity contribution in [3.63, 3.8) is 0 Å². The topological polar surface area (TPSA) is 44.4 Å². The molecule has 0 fully saturated rings.